The number of aromatic nitrogens is 1. The molecule has 0 fully saturated rings. The highest BCUT2D eigenvalue weighted by molar-refractivity contribution is 7.92. The van der Waals surface area contributed by atoms with Crippen molar-refractivity contribution in [3.05, 3.63) is 76.8 Å². The number of methoxy groups -OCH3 is 2. The number of amides is 1. The largest absolute Gasteiger partial charge is 0.493 e. The standard InChI is InChI=1S/C23H20FN3O5S2/c1-27-18-12-19(31-2)20(32-3)13-21(18)33-23(27)25-22(28)14-5-4-6-16(11-14)26-34(29,30)17-9-7-15(24)8-10-17/h4-13,26H,1-3H3. The molecular weight excluding hydrogens is 481 g/mol. The first-order valence-electron chi connectivity index (χ1n) is 9.91. The topological polar surface area (TPSA) is 99.0 Å². The maximum Gasteiger partial charge on any atom is 0.279 e. The van der Waals surface area contributed by atoms with E-state index in [4.69, 9.17) is 9.47 Å². The normalized spacial score (nSPS) is 12.1. The second kappa shape index (κ2) is 9.27. The number of hydrogen-bond donors (Lipinski definition) is 1. The van der Waals surface area contributed by atoms with Gasteiger partial charge in [0.25, 0.3) is 15.9 Å². The van der Waals surface area contributed by atoms with E-state index in [-0.39, 0.29) is 16.1 Å². The molecule has 0 unspecified atom stereocenters. The number of hydrogen-bond acceptors (Lipinski definition) is 6. The molecule has 0 radical (unpaired) electrons. The molecule has 11 heteroatoms. The minimum atomic E-state index is -3.95. The van der Waals surface area contributed by atoms with Gasteiger partial charge in [-0.25, -0.2) is 12.8 Å². The molecule has 34 heavy (non-hydrogen) atoms. The van der Waals surface area contributed by atoms with Crippen LogP contribution in [0.3, 0.4) is 0 Å². The van der Waals surface area contributed by atoms with Gasteiger partial charge in [-0.15, -0.1) is 0 Å². The summed E-state index contributed by atoms with van der Waals surface area (Å²) in [4.78, 5) is 17.5. The van der Waals surface area contributed by atoms with E-state index in [9.17, 15) is 17.6 Å². The van der Waals surface area contributed by atoms with Crippen molar-refractivity contribution >= 4 is 43.2 Å². The zero-order valence-electron chi connectivity index (χ0n) is 18.4. The molecular formula is C23H20FN3O5S2. The van der Waals surface area contributed by atoms with Gasteiger partial charge in [-0.3, -0.25) is 9.52 Å². The number of halogens is 1. The number of anilines is 1. The van der Waals surface area contributed by atoms with Gasteiger partial charge in [0.2, 0.25) is 0 Å². The summed E-state index contributed by atoms with van der Waals surface area (Å²) in [5, 5.41) is 0. The third-order valence-electron chi connectivity index (χ3n) is 5.00. The molecule has 3 aromatic carbocycles. The fraction of sp³-hybridized carbons (Fsp3) is 0.130. The number of nitrogens with one attached hydrogen (secondary N) is 1. The maximum absolute atomic E-state index is 13.1. The fourth-order valence-corrected chi connectivity index (χ4v) is 5.33. The number of sulfonamides is 1. The summed E-state index contributed by atoms with van der Waals surface area (Å²) >= 11 is 1.31. The summed E-state index contributed by atoms with van der Waals surface area (Å²) in [6.45, 7) is 0. The van der Waals surface area contributed by atoms with Crippen LogP contribution in [0.1, 0.15) is 10.4 Å². The lowest BCUT2D eigenvalue weighted by atomic mass is 10.2. The van der Waals surface area contributed by atoms with Crippen LogP contribution in [0.5, 0.6) is 11.5 Å². The van der Waals surface area contributed by atoms with Gasteiger partial charge < -0.3 is 14.0 Å². The van der Waals surface area contributed by atoms with Gasteiger partial charge in [0, 0.05) is 30.4 Å². The number of benzene rings is 3. The molecule has 0 aliphatic carbocycles. The maximum atomic E-state index is 13.1. The first kappa shape index (κ1) is 23.5. The van der Waals surface area contributed by atoms with E-state index in [2.05, 4.69) is 9.71 Å². The molecule has 0 aliphatic heterocycles. The predicted molar refractivity (Wildman–Crippen MR) is 127 cm³/mol. The minimum Gasteiger partial charge on any atom is -0.493 e. The lowest BCUT2D eigenvalue weighted by Crippen LogP contribution is -2.14. The monoisotopic (exact) mass is 501 g/mol. The van der Waals surface area contributed by atoms with Crippen molar-refractivity contribution in [2.75, 3.05) is 18.9 Å². The summed E-state index contributed by atoms with van der Waals surface area (Å²) in [5.41, 5.74) is 1.20. The summed E-state index contributed by atoms with van der Waals surface area (Å²) in [5.74, 6) is 0.0432. The zero-order valence-corrected chi connectivity index (χ0v) is 20.0. The molecule has 176 valence electrons. The Kier molecular flexibility index (Phi) is 6.40. The Hall–Kier alpha value is -3.70. The molecule has 0 spiro atoms. The number of ether oxygens (including phenoxy) is 2. The number of carbonyl (C=O) groups excluding carboxylic acids is 1. The highest BCUT2D eigenvalue weighted by Crippen LogP contribution is 2.33. The van der Waals surface area contributed by atoms with Gasteiger partial charge in [0.05, 0.1) is 29.3 Å². The number of carbonyl (C=O) groups is 1. The van der Waals surface area contributed by atoms with Crippen LogP contribution in [0.25, 0.3) is 10.2 Å². The van der Waals surface area contributed by atoms with Crippen molar-refractivity contribution in [1.29, 1.82) is 0 Å². The van der Waals surface area contributed by atoms with Gasteiger partial charge in [-0.05, 0) is 42.5 Å². The Labute approximate surface area is 199 Å². The van der Waals surface area contributed by atoms with Crippen LogP contribution < -0.4 is 19.0 Å². The molecule has 0 bridgehead atoms. The molecule has 0 saturated heterocycles. The third kappa shape index (κ3) is 4.66. The van der Waals surface area contributed by atoms with Crippen molar-refractivity contribution < 1.29 is 27.1 Å². The van der Waals surface area contributed by atoms with Crippen molar-refractivity contribution in [2.45, 2.75) is 4.90 Å². The summed E-state index contributed by atoms with van der Waals surface area (Å²) < 4.78 is 54.0. The Balaban J connectivity index is 1.65. The Morgan fingerprint density at radius 3 is 2.38 bits per heavy atom. The zero-order chi connectivity index (χ0) is 24.5. The van der Waals surface area contributed by atoms with E-state index in [1.807, 2.05) is 6.07 Å². The quantitative estimate of drug-likeness (QED) is 0.432. The lowest BCUT2D eigenvalue weighted by Gasteiger charge is -2.08. The molecule has 8 nitrogen and oxygen atoms in total. The van der Waals surface area contributed by atoms with Crippen LogP contribution in [0.2, 0.25) is 0 Å². The van der Waals surface area contributed by atoms with E-state index in [0.717, 1.165) is 34.5 Å². The van der Waals surface area contributed by atoms with Crippen LogP contribution in [0, 0.1) is 5.82 Å². The predicted octanol–water partition coefficient (Wildman–Crippen LogP) is 3.94. The van der Waals surface area contributed by atoms with Gasteiger partial charge in [-0.2, -0.15) is 4.99 Å². The second-order valence-electron chi connectivity index (χ2n) is 7.18. The van der Waals surface area contributed by atoms with Crippen molar-refractivity contribution in [3.63, 3.8) is 0 Å². The number of thiazole rings is 1. The van der Waals surface area contributed by atoms with E-state index >= 15 is 0 Å². The number of aryl methyl sites for hydroxylation is 1. The molecule has 1 N–H and O–H groups in total. The Morgan fingerprint density at radius 1 is 1.03 bits per heavy atom. The van der Waals surface area contributed by atoms with Gasteiger partial charge >= 0.3 is 0 Å². The second-order valence-corrected chi connectivity index (χ2v) is 9.87. The van der Waals surface area contributed by atoms with Crippen molar-refractivity contribution in [2.24, 2.45) is 12.0 Å². The van der Waals surface area contributed by atoms with E-state index < -0.39 is 21.7 Å². The molecule has 1 aromatic heterocycles. The molecule has 0 aliphatic rings. The van der Waals surface area contributed by atoms with Crippen LogP contribution in [-0.4, -0.2) is 33.1 Å². The molecule has 0 atom stereocenters. The fourth-order valence-electron chi connectivity index (χ4n) is 3.26. The molecule has 1 heterocycles. The van der Waals surface area contributed by atoms with E-state index in [1.165, 1.54) is 23.5 Å². The van der Waals surface area contributed by atoms with Gasteiger partial charge in [0.1, 0.15) is 5.82 Å². The number of rotatable bonds is 6. The summed E-state index contributed by atoms with van der Waals surface area (Å²) in [7, 11) is 0.918. The van der Waals surface area contributed by atoms with E-state index in [0.29, 0.717) is 16.3 Å². The summed E-state index contributed by atoms with van der Waals surface area (Å²) in [6.07, 6.45) is 0. The van der Waals surface area contributed by atoms with Crippen LogP contribution in [0.15, 0.2) is 70.6 Å². The average Bonchev–Trinajstić information content (AvgIpc) is 3.12. The van der Waals surface area contributed by atoms with Gasteiger partial charge in [0.15, 0.2) is 16.3 Å². The highest BCUT2D eigenvalue weighted by atomic mass is 32.2. The Bertz CT molecular complexity index is 1560. The van der Waals surface area contributed by atoms with Crippen LogP contribution in [0.4, 0.5) is 10.1 Å². The molecule has 4 aromatic rings. The molecule has 0 saturated carbocycles. The van der Waals surface area contributed by atoms with Crippen LogP contribution >= 0.6 is 11.3 Å². The van der Waals surface area contributed by atoms with Crippen LogP contribution in [-0.2, 0) is 17.1 Å². The smallest absolute Gasteiger partial charge is 0.279 e. The summed E-state index contributed by atoms with van der Waals surface area (Å²) in [6, 6.07) is 14.1. The first-order chi connectivity index (χ1) is 16.2. The Morgan fingerprint density at radius 2 is 1.71 bits per heavy atom. The SMILES string of the molecule is COc1cc2sc(=NC(=O)c3cccc(NS(=O)(=O)c4ccc(F)cc4)c3)n(C)c2cc1OC. The molecule has 4 rings (SSSR count). The molecule has 1 amide bonds. The average molecular weight is 502 g/mol. The van der Waals surface area contributed by atoms with Gasteiger partial charge in [-0.1, -0.05) is 17.4 Å². The third-order valence-corrected chi connectivity index (χ3v) is 7.49. The van der Waals surface area contributed by atoms with Crippen molar-refractivity contribution in [1.82, 2.24) is 4.57 Å². The first-order valence-corrected chi connectivity index (χ1v) is 12.2. The highest BCUT2D eigenvalue weighted by Gasteiger charge is 2.16. The van der Waals surface area contributed by atoms with Crippen molar-refractivity contribution in [3.8, 4) is 11.5 Å². The number of fused-ring (bicyclic) bond motifs is 1. The lowest BCUT2D eigenvalue weighted by molar-refractivity contribution is 0.0998. The van der Waals surface area contributed by atoms with E-state index in [1.54, 1.807) is 44.0 Å². The number of nitrogens with zero attached hydrogens (tertiary/aromatic N) is 2. The minimum absolute atomic E-state index is 0.0986.